The molecule has 0 saturated carbocycles. The number of nitrogens with zero attached hydrogens (tertiary/aromatic N) is 2. The van der Waals surface area contributed by atoms with Crippen LogP contribution in [0.15, 0.2) is 71.7 Å². The fraction of sp³-hybridized carbons (Fsp3) is 0.400. The van der Waals surface area contributed by atoms with Gasteiger partial charge in [0, 0.05) is 38.7 Å². The molecule has 2 atom stereocenters. The van der Waals surface area contributed by atoms with E-state index in [1.54, 1.807) is 0 Å². The number of guanidine groups is 1. The summed E-state index contributed by atoms with van der Waals surface area (Å²) < 4.78 is 6.04. The van der Waals surface area contributed by atoms with E-state index in [1.807, 2.05) is 0 Å². The average Bonchev–Trinajstić information content (AvgIpc) is 3.27. The van der Waals surface area contributed by atoms with E-state index in [0.29, 0.717) is 5.92 Å². The minimum atomic E-state index is 0.161. The van der Waals surface area contributed by atoms with E-state index in [2.05, 4.69) is 83.9 Å². The molecule has 2 aromatic carbocycles. The van der Waals surface area contributed by atoms with Crippen molar-refractivity contribution in [3.8, 4) is 0 Å². The third-order valence-corrected chi connectivity index (χ3v) is 5.81. The van der Waals surface area contributed by atoms with Crippen LogP contribution in [0.1, 0.15) is 37.0 Å². The molecule has 2 heterocycles. The van der Waals surface area contributed by atoms with Crippen molar-refractivity contribution in [3.05, 3.63) is 77.9 Å². The topological polar surface area (TPSA) is 36.9 Å². The Balaban J connectivity index is 1.42. The molecule has 0 aromatic heterocycles. The molecule has 2 unspecified atom stereocenters. The highest BCUT2D eigenvalue weighted by molar-refractivity contribution is 5.81. The van der Waals surface area contributed by atoms with Crippen LogP contribution in [0.25, 0.3) is 5.57 Å². The highest BCUT2D eigenvalue weighted by Gasteiger charge is 2.29. The maximum absolute atomic E-state index is 6.04. The Labute approximate surface area is 174 Å². The maximum atomic E-state index is 6.04. The molecule has 0 radical (unpaired) electrons. The van der Waals surface area contributed by atoms with Crippen molar-refractivity contribution in [3.63, 3.8) is 0 Å². The largest absolute Gasteiger partial charge is 0.373 e. The summed E-state index contributed by atoms with van der Waals surface area (Å²) in [5, 5.41) is 3.49. The Morgan fingerprint density at radius 2 is 1.86 bits per heavy atom. The summed E-state index contributed by atoms with van der Waals surface area (Å²) in [5.41, 5.74) is 4.04. The van der Waals surface area contributed by atoms with Gasteiger partial charge in [-0.25, -0.2) is 0 Å². The van der Waals surface area contributed by atoms with Gasteiger partial charge in [-0.05, 0) is 36.5 Å². The third-order valence-electron chi connectivity index (χ3n) is 5.81. The highest BCUT2D eigenvalue weighted by Crippen LogP contribution is 2.34. The quantitative estimate of drug-likeness (QED) is 0.603. The van der Waals surface area contributed by atoms with Crippen molar-refractivity contribution < 1.29 is 4.74 Å². The van der Waals surface area contributed by atoms with Gasteiger partial charge < -0.3 is 15.0 Å². The zero-order valence-corrected chi connectivity index (χ0v) is 17.3. The van der Waals surface area contributed by atoms with Crippen LogP contribution >= 0.6 is 0 Å². The number of ether oxygens (including phenoxy) is 1. The number of aliphatic imine (C=N–C) groups is 1. The number of benzene rings is 2. The van der Waals surface area contributed by atoms with Crippen molar-refractivity contribution in [2.45, 2.75) is 25.9 Å². The van der Waals surface area contributed by atoms with Gasteiger partial charge in [0.25, 0.3) is 0 Å². The van der Waals surface area contributed by atoms with E-state index in [1.165, 1.54) is 16.7 Å². The normalized spacial score (nSPS) is 22.4. The molecule has 152 valence electrons. The summed E-state index contributed by atoms with van der Waals surface area (Å²) in [6, 6.07) is 21.3. The van der Waals surface area contributed by atoms with Crippen LogP contribution in [0.5, 0.6) is 0 Å². The van der Waals surface area contributed by atoms with E-state index in [9.17, 15) is 0 Å². The van der Waals surface area contributed by atoms with Gasteiger partial charge in [0.2, 0.25) is 0 Å². The summed E-state index contributed by atoms with van der Waals surface area (Å²) in [7, 11) is 0. The van der Waals surface area contributed by atoms with E-state index >= 15 is 0 Å². The van der Waals surface area contributed by atoms with Crippen molar-refractivity contribution in [1.82, 2.24) is 10.2 Å². The van der Waals surface area contributed by atoms with Crippen LogP contribution in [-0.2, 0) is 4.74 Å². The van der Waals surface area contributed by atoms with Crippen molar-refractivity contribution in [2.75, 3.05) is 32.8 Å². The summed E-state index contributed by atoms with van der Waals surface area (Å²) in [5.74, 6) is 1.46. The first-order chi connectivity index (χ1) is 14.3. The summed E-state index contributed by atoms with van der Waals surface area (Å²) in [4.78, 5) is 7.38. The molecular weight excluding hydrogens is 358 g/mol. The monoisotopic (exact) mass is 389 g/mol. The van der Waals surface area contributed by atoms with Crippen LogP contribution in [0.2, 0.25) is 0 Å². The molecule has 29 heavy (non-hydrogen) atoms. The summed E-state index contributed by atoms with van der Waals surface area (Å²) >= 11 is 0. The molecule has 1 saturated heterocycles. The summed E-state index contributed by atoms with van der Waals surface area (Å²) in [6.07, 6.45) is 4.62. The number of nitrogens with one attached hydrogen (secondary N) is 1. The zero-order valence-electron chi connectivity index (χ0n) is 17.3. The second-order valence-corrected chi connectivity index (χ2v) is 7.74. The molecule has 2 aromatic rings. The Morgan fingerprint density at radius 3 is 2.55 bits per heavy atom. The van der Waals surface area contributed by atoms with Gasteiger partial charge in [-0.15, -0.1) is 0 Å². The minimum absolute atomic E-state index is 0.161. The summed E-state index contributed by atoms with van der Waals surface area (Å²) in [6.45, 7) is 6.54. The smallest absolute Gasteiger partial charge is 0.194 e. The lowest BCUT2D eigenvalue weighted by molar-refractivity contribution is 0.0925. The van der Waals surface area contributed by atoms with Gasteiger partial charge in [-0.3, -0.25) is 4.99 Å². The molecule has 1 fully saturated rings. The molecule has 1 N–H and O–H groups in total. The highest BCUT2D eigenvalue weighted by atomic mass is 16.5. The molecular formula is C25H31N3O. The lowest BCUT2D eigenvalue weighted by atomic mass is 9.95. The second kappa shape index (κ2) is 9.75. The van der Waals surface area contributed by atoms with Crippen molar-refractivity contribution in [2.24, 2.45) is 10.9 Å². The molecule has 0 spiro atoms. The van der Waals surface area contributed by atoms with Gasteiger partial charge in [-0.2, -0.15) is 0 Å². The molecule has 4 nitrogen and oxygen atoms in total. The fourth-order valence-corrected chi connectivity index (χ4v) is 4.24. The predicted octanol–water partition coefficient (Wildman–Crippen LogP) is 4.52. The number of hydrogen-bond acceptors (Lipinski definition) is 2. The van der Waals surface area contributed by atoms with Gasteiger partial charge in [0.05, 0.1) is 6.10 Å². The van der Waals surface area contributed by atoms with Gasteiger partial charge in [0.1, 0.15) is 0 Å². The van der Waals surface area contributed by atoms with E-state index < -0.39 is 0 Å². The first-order valence-electron chi connectivity index (χ1n) is 10.8. The van der Waals surface area contributed by atoms with E-state index in [4.69, 9.17) is 9.73 Å². The standard InChI is InChI=1S/C25H31N3O/c1-2-26-25(28-16-13-21(14-17-28)20-9-5-3-6-10-20)27-19-23-15-18-29-24(23)22-11-7-4-8-12-22/h3-13,23-24H,2,14-19H2,1H3,(H,26,27). The molecule has 2 aliphatic heterocycles. The Kier molecular flexibility index (Phi) is 6.63. The van der Waals surface area contributed by atoms with E-state index in [0.717, 1.165) is 51.6 Å². The predicted molar refractivity (Wildman–Crippen MR) is 120 cm³/mol. The Hall–Kier alpha value is -2.59. The molecule has 4 rings (SSSR count). The molecule has 4 heteroatoms. The molecule has 0 aliphatic carbocycles. The lowest BCUT2D eigenvalue weighted by Crippen LogP contribution is -2.43. The third kappa shape index (κ3) is 4.88. The zero-order chi connectivity index (χ0) is 19.9. The van der Waals surface area contributed by atoms with E-state index in [-0.39, 0.29) is 6.10 Å². The van der Waals surface area contributed by atoms with Crippen molar-refractivity contribution in [1.29, 1.82) is 0 Å². The SMILES string of the molecule is CCNC(=NCC1CCOC1c1ccccc1)N1CC=C(c2ccccc2)CC1. The maximum Gasteiger partial charge on any atom is 0.194 e. The van der Waals surface area contributed by atoms with Gasteiger partial charge >= 0.3 is 0 Å². The average molecular weight is 390 g/mol. The van der Waals surface area contributed by atoms with Crippen LogP contribution in [0.3, 0.4) is 0 Å². The lowest BCUT2D eigenvalue weighted by Gasteiger charge is -2.30. The van der Waals surface area contributed by atoms with Crippen LogP contribution in [-0.4, -0.2) is 43.6 Å². The Bertz CT molecular complexity index is 832. The first kappa shape index (κ1) is 19.7. The molecule has 2 aliphatic rings. The van der Waals surface area contributed by atoms with Crippen LogP contribution in [0, 0.1) is 5.92 Å². The van der Waals surface area contributed by atoms with Crippen LogP contribution < -0.4 is 5.32 Å². The first-order valence-corrected chi connectivity index (χ1v) is 10.8. The number of hydrogen-bond donors (Lipinski definition) is 1. The van der Waals surface area contributed by atoms with Gasteiger partial charge in [-0.1, -0.05) is 66.7 Å². The van der Waals surface area contributed by atoms with Crippen LogP contribution in [0.4, 0.5) is 0 Å². The van der Waals surface area contributed by atoms with Crippen molar-refractivity contribution >= 4 is 11.5 Å². The minimum Gasteiger partial charge on any atom is -0.373 e. The number of rotatable bonds is 5. The fourth-order valence-electron chi connectivity index (χ4n) is 4.24. The molecule has 0 bridgehead atoms. The second-order valence-electron chi connectivity index (χ2n) is 7.74. The Morgan fingerprint density at radius 1 is 1.10 bits per heavy atom. The van der Waals surface area contributed by atoms with Gasteiger partial charge in [0.15, 0.2) is 5.96 Å². The molecule has 0 amide bonds.